The SMILES string of the molecule is CCCCCCCC(=O)OC[C@H]1O[C@@](C#N)(n2ccc(N)nc2=O)C(O)[C@H]1O. The summed E-state index contributed by atoms with van der Waals surface area (Å²) in [5.74, 6) is -0.519. The predicted molar refractivity (Wildman–Crippen MR) is 97.7 cm³/mol. The highest BCUT2D eigenvalue weighted by molar-refractivity contribution is 5.69. The second kappa shape index (κ2) is 9.64. The summed E-state index contributed by atoms with van der Waals surface area (Å²) in [5, 5.41) is 30.2. The lowest BCUT2D eigenvalue weighted by atomic mass is 10.0. The van der Waals surface area contributed by atoms with Gasteiger partial charge in [0.1, 0.15) is 36.8 Å². The highest BCUT2D eigenvalue weighted by Crippen LogP contribution is 2.34. The highest BCUT2D eigenvalue weighted by Gasteiger charge is 2.57. The van der Waals surface area contributed by atoms with Crippen molar-refractivity contribution in [3.63, 3.8) is 0 Å². The van der Waals surface area contributed by atoms with Gasteiger partial charge in [-0.1, -0.05) is 32.6 Å². The molecule has 2 rings (SSSR count). The molecule has 154 valence electrons. The van der Waals surface area contributed by atoms with Gasteiger partial charge in [0.15, 0.2) is 0 Å². The molecule has 0 radical (unpaired) electrons. The Morgan fingerprint density at radius 2 is 2.14 bits per heavy atom. The van der Waals surface area contributed by atoms with E-state index in [1.807, 2.05) is 0 Å². The maximum atomic E-state index is 12.1. The first-order chi connectivity index (χ1) is 13.4. The van der Waals surface area contributed by atoms with Crippen LogP contribution in [-0.2, 0) is 20.0 Å². The van der Waals surface area contributed by atoms with Crippen LogP contribution in [0, 0.1) is 11.3 Å². The van der Waals surface area contributed by atoms with E-state index < -0.39 is 35.7 Å². The van der Waals surface area contributed by atoms with Crippen LogP contribution in [0.4, 0.5) is 5.82 Å². The fraction of sp³-hybridized carbons (Fsp3) is 0.667. The number of ether oxygens (including phenoxy) is 2. The number of aromatic nitrogens is 2. The van der Waals surface area contributed by atoms with Crippen molar-refractivity contribution in [2.24, 2.45) is 0 Å². The molecule has 28 heavy (non-hydrogen) atoms. The van der Waals surface area contributed by atoms with Crippen LogP contribution in [0.2, 0.25) is 0 Å². The molecule has 10 heteroatoms. The van der Waals surface area contributed by atoms with E-state index in [9.17, 15) is 25.1 Å². The molecule has 0 bridgehead atoms. The standard InChI is InChI=1S/C18H26N4O6/c1-2-3-4-5-6-7-14(23)27-10-12-15(24)16(25)18(11-19,28-12)22-9-8-13(20)21-17(22)26/h8-9,12,15-16,24-25H,2-7,10H2,1H3,(H2,20,21,26)/t12-,15+,16?,18-/m1/s1. The quantitative estimate of drug-likeness (QED) is 0.387. The second-order valence-corrected chi connectivity index (χ2v) is 6.75. The number of unbranched alkanes of at least 4 members (excludes halogenated alkanes) is 4. The molecule has 0 aliphatic carbocycles. The average Bonchev–Trinajstić information content (AvgIpc) is 2.91. The van der Waals surface area contributed by atoms with Gasteiger partial charge in [-0.25, -0.2) is 4.79 Å². The van der Waals surface area contributed by atoms with Crippen molar-refractivity contribution in [1.82, 2.24) is 9.55 Å². The van der Waals surface area contributed by atoms with Crippen molar-refractivity contribution in [3.8, 4) is 6.07 Å². The molecule has 1 fully saturated rings. The number of aliphatic hydroxyl groups excluding tert-OH is 2. The number of hydrogen-bond acceptors (Lipinski definition) is 9. The predicted octanol–water partition coefficient (Wildman–Crippen LogP) is 0.0262. The molecular weight excluding hydrogens is 368 g/mol. The Bertz CT molecular complexity index is 776. The van der Waals surface area contributed by atoms with E-state index in [-0.39, 0.29) is 18.8 Å². The maximum absolute atomic E-state index is 12.1. The molecule has 0 spiro atoms. The molecule has 1 saturated heterocycles. The lowest BCUT2D eigenvalue weighted by molar-refractivity contribution is -0.153. The van der Waals surface area contributed by atoms with Crippen LogP contribution in [0.5, 0.6) is 0 Å². The van der Waals surface area contributed by atoms with Crippen LogP contribution in [-0.4, -0.2) is 50.7 Å². The van der Waals surface area contributed by atoms with Gasteiger partial charge in [0.2, 0.25) is 0 Å². The summed E-state index contributed by atoms with van der Waals surface area (Å²) in [5.41, 5.74) is 2.31. The average molecular weight is 394 g/mol. The van der Waals surface area contributed by atoms with Gasteiger partial charge in [0.25, 0.3) is 5.72 Å². The van der Waals surface area contributed by atoms with Crippen molar-refractivity contribution < 1.29 is 24.5 Å². The zero-order valence-electron chi connectivity index (χ0n) is 15.8. The second-order valence-electron chi connectivity index (χ2n) is 6.75. The molecular formula is C18H26N4O6. The van der Waals surface area contributed by atoms with Gasteiger partial charge in [-0.15, -0.1) is 0 Å². The number of hydrogen-bond donors (Lipinski definition) is 3. The Labute approximate surface area is 162 Å². The molecule has 0 amide bonds. The zero-order valence-corrected chi connectivity index (χ0v) is 15.8. The van der Waals surface area contributed by atoms with E-state index in [1.165, 1.54) is 6.07 Å². The monoisotopic (exact) mass is 394 g/mol. The number of carbonyl (C=O) groups is 1. The fourth-order valence-electron chi connectivity index (χ4n) is 3.07. The molecule has 1 aromatic rings. The van der Waals surface area contributed by atoms with Gasteiger partial charge in [-0.3, -0.25) is 9.36 Å². The Morgan fingerprint density at radius 3 is 2.79 bits per heavy atom. The first-order valence-corrected chi connectivity index (χ1v) is 9.32. The number of aliphatic hydroxyl groups is 2. The third-order valence-corrected chi connectivity index (χ3v) is 4.67. The molecule has 4 N–H and O–H groups in total. The number of carbonyl (C=O) groups excluding carboxylic acids is 1. The van der Waals surface area contributed by atoms with Gasteiger partial charge in [0.05, 0.1) is 0 Å². The van der Waals surface area contributed by atoms with Gasteiger partial charge in [-0.2, -0.15) is 10.2 Å². The van der Waals surface area contributed by atoms with Gasteiger partial charge >= 0.3 is 11.7 Å². The lowest BCUT2D eigenvalue weighted by Gasteiger charge is -2.26. The van der Waals surface area contributed by atoms with E-state index in [0.29, 0.717) is 6.42 Å². The minimum Gasteiger partial charge on any atom is -0.463 e. The molecule has 1 aliphatic heterocycles. The molecule has 1 aromatic heterocycles. The normalized spacial score (nSPS) is 26.7. The van der Waals surface area contributed by atoms with Crippen molar-refractivity contribution >= 4 is 11.8 Å². The Morgan fingerprint density at radius 1 is 1.43 bits per heavy atom. The van der Waals surface area contributed by atoms with Crippen LogP contribution in [0.25, 0.3) is 0 Å². The summed E-state index contributed by atoms with van der Waals surface area (Å²) in [6.45, 7) is 1.75. The van der Waals surface area contributed by atoms with E-state index in [2.05, 4.69) is 11.9 Å². The summed E-state index contributed by atoms with van der Waals surface area (Å²) < 4.78 is 11.3. The first kappa shape index (κ1) is 21.8. The first-order valence-electron chi connectivity index (χ1n) is 9.32. The molecule has 1 unspecified atom stereocenters. The van der Waals surface area contributed by atoms with Crippen LogP contribution >= 0.6 is 0 Å². The van der Waals surface area contributed by atoms with Gasteiger partial charge in [-0.05, 0) is 12.5 Å². The van der Waals surface area contributed by atoms with Crippen LogP contribution < -0.4 is 11.4 Å². The minimum atomic E-state index is -2.20. The number of anilines is 1. The third kappa shape index (κ3) is 4.67. The van der Waals surface area contributed by atoms with Crippen LogP contribution in [0.15, 0.2) is 17.1 Å². The molecule has 4 atom stereocenters. The molecule has 1 aliphatic rings. The van der Waals surface area contributed by atoms with Crippen LogP contribution in [0.3, 0.4) is 0 Å². The molecule has 10 nitrogen and oxygen atoms in total. The molecule has 0 aromatic carbocycles. The Balaban J connectivity index is 2.00. The summed E-state index contributed by atoms with van der Waals surface area (Å²) in [6, 6.07) is 2.97. The number of nitrogens with two attached hydrogens (primary N) is 1. The number of rotatable bonds is 9. The summed E-state index contributed by atoms with van der Waals surface area (Å²) in [7, 11) is 0. The smallest absolute Gasteiger partial charge is 0.352 e. The minimum absolute atomic E-state index is 0.0632. The lowest BCUT2D eigenvalue weighted by Crippen LogP contribution is -2.49. The topological polar surface area (TPSA) is 161 Å². The van der Waals surface area contributed by atoms with E-state index in [1.54, 1.807) is 6.07 Å². The van der Waals surface area contributed by atoms with Crippen molar-refractivity contribution in [2.75, 3.05) is 12.3 Å². The highest BCUT2D eigenvalue weighted by atomic mass is 16.6. The van der Waals surface area contributed by atoms with E-state index in [0.717, 1.165) is 36.4 Å². The number of esters is 1. The summed E-state index contributed by atoms with van der Waals surface area (Å²) in [6.07, 6.45) is 1.81. The number of nitriles is 1. The summed E-state index contributed by atoms with van der Waals surface area (Å²) >= 11 is 0. The van der Waals surface area contributed by atoms with Crippen molar-refractivity contribution in [1.29, 1.82) is 5.26 Å². The van der Waals surface area contributed by atoms with E-state index in [4.69, 9.17) is 15.2 Å². The largest absolute Gasteiger partial charge is 0.463 e. The zero-order chi connectivity index (χ0) is 20.7. The van der Waals surface area contributed by atoms with E-state index >= 15 is 0 Å². The number of nitrogens with zero attached hydrogens (tertiary/aromatic N) is 3. The van der Waals surface area contributed by atoms with Gasteiger partial charge < -0.3 is 25.4 Å². The van der Waals surface area contributed by atoms with Crippen molar-refractivity contribution in [2.45, 2.75) is 69.5 Å². The van der Waals surface area contributed by atoms with Crippen molar-refractivity contribution in [3.05, 3.63) is 22.7 Å². The van der Waals surface area contributed by atoms with Crippen LogP contribution in [0.1, 0.15) is 45.4 Å². The Hall–Kier alpha value is -2.48. The Kier molecular flexibility index (Phi) is 7.51. The number of nitrogen functional groups attached to an aromatic ring is 1. The summed E-state index contributed by atoms with van der Waals surface area (Å²) in [4.78, 5) is 27.4. The molecule has 0 saturated carbocycles. The maximum Gasteiger partial charge on any atom is 0.352 e. The third-order valence-electron chi connectivity index (χ3n) is 4.67. The van der Waals surface area contributed by atoms with Gasteiger partial charge in [0, 0.05) is 12.6 Å². The fourth-order valence-corrected chi connectivity index (χ4v) is 3.07. The molecule has 2 heterocycles.